The van der Waals surface area contributed by atoms with Crippen LogP contribution in [0, 0.1) is 23.3 Å². The number of nitrogens with one attached hydrogen (secondary N) is 1. The third kappa shape index (κ3) is 7.36. The van der Waals surface area contributed by atoms with Gasteiger partial charge in [-0.1, -0.05) is 36.4 Å². The van der Waals surface area contributed by atoms with E-state index in [1.165, 1.54) is 19.2 Å². The molecule has 39 heavy (non-hydrogen) atoms. The van der Waals surface area contributed by atoms with Gasteiger partial charge in [-0.2, -0.15) is 0 Å². The summed E-state index contributed by atoms with van der Waals surface area (Å²) in [4.78, 5) is 12.4. The number of rotatable bonds is 11. The van der Waals surface area contributed by atoms with E-state index >= 15 is 0 Å². The zero-order chi connectivity index (χ0) is 27.8. The first-order chi connectivity index (χ1) is 18.8. The molecule has 0 fully saturated rings. The lowest BCUT2D eigenvalue weighted by molar-refractivity contribution is -0.143. The molecule has 202 valence electrons. The molecule has 0 spiro atoms. The fourth-order valence-corrected chi connectivity index (χ4v) is 3.80. The number of carbonyl (C=O) groups excluding carboxylic acids is 1. The van der Waals surface area contributed by atoms with E-state index in [0.29, 0.717) is 11.1 Å². The van der Waals surface area contributed by atoms with E-state index in [9.17, 15) is 22.4 Å². The molecule has 9 heteroatoms. The molecule has 4 aromatic rings. The normalized spacial score (nSPS) is 11.6. The van der Waals surface area contributed by atoms with Crippen LogP contribution >= 0.6 is 0 Å². The number of hydrogen-bond acceptors (Lipinski definition) is 5. The number of methoxy groups -OCH3 is 1. The Balaban J connectivity index is 1.55. The standard InChI is InChI=1S/C30H25F4NO4/c1-37-30(36)29(20-5-3-2-4-6-20)35-16-19-7-12-27(38-17-21-8-10-23(31)14-25(21)33)28(13-19)39-18-22-9-11-24(32)15-26(22)34/h2-15,29,35H,16-18H2,1H3/t29-/m0/s1. The van der Waals surface area contributed by atoms with Gasteiger partial charge in [0.25, 0.3) is 0 Å². The molecule has 0 radical (unpaired) electrons. The van der Waals surface area contributed by atoms with E-state index in [4.69, 9.17) is 14.2 Å². The number of carbonyl (C=O) groups is 1. The summed E-state index contributed by atoms with van der Waals surface area (Å²) in [5, 5.41) is 3.15. The molecule has 4 aromatic carbocycles. The van der Waals surface area contributed by atoms with Crippen LogP contribution in [0.1, 0.15) is 28.3 Å². The summed E-state index contributed by atoms with van der Waals surface area (Å²) in [7, 11) is 1.30. The second kappa shape index (κ2) is 12.9. The Hall–Kier alpha value is -4.37. The first-order valence-electron chi connectivity index (χ1n) is 12.0. The molecule has 0 heterocycles. The second-order valence-corrected chi connectivity index (χ2v) is 8.58. The molecule has 0 amide bonds. The van der Waals surface area contributed by atoms with Crippen LogP contribution in [0.3, 0.4) is 0 Å². The van der Waals surface area contributed by atoms with Crippen molar-refractivity contribution in [3.8, 4) is 11.5 Å². The van der Waals surface area contributed by atoms with Crippen molar-refractivity contribution in [2.24, 2.45) is 0 Å². The van der Waals surface area contributed by atoms with Gasteiger partial charge in [0.05, 0.1) is 7.11 Å². The first-order valence-corrected chi connectivity index (χ1v) is 12.0. The van der Waals surface area contributed by atoms with E-state index in [1.54, 1.807) is 30.3 Å². The summed E-state index contributed by atoms with van der Waals surface area (Å²) in [6, 6.07) is 19.5. The molecule has 5 nitrogen and oxygen atoms in total. The van der Waals surface area contributed by atoms with Crippen molar-refractivity contribution < 1.29 is 36.6 Å². The number of benzene rings is 4. The van der Waals surface area contributed by atoms with Crippen molar-refractivity contribution in [3.63, 3.8) is 0 Å². The van der Waals surface area contributed by atoms with Crippen molar-refractivity contribution in [3.05, 3.63) is 130 Å². The molecule has 0 bridgehead atoms. The maximum Gasteiger partial charge on any atom is 0.327 e. The predicted octanol–water partition coefficient (Wildman–Crippen LogP) is 6.40. The first kappa shape index (κ1) is 27.7. The van der Waals surface area contributed by atoms with Gasteiger partial charge in [0, 0.05) is 29.8 Å². The number of halogens is 4. The molecule has 1 N–H and O–H groups in total. The van der Waals surface area contributed by atoms with Gasteiger partial charge in [-0.05, 0) is 47.5 Å². The third-order valence-corrected chi connectivity index (χ3v) is 5.88. The lowest BCUT2D eigenvalue weighted by Crippen LogP contribution is -2.29. The molecule has 0 aliphatic heterocycles. The van der Waals surface area contributed by atoms with E-state index in [-0.39, 0.29) is 42.4 Å². The van der Waals surface area contributed by atoms with Crippen molar-refractivity contribution >= 4 is 5.97 Å². The molecular formula is C30H25F4NO4. The molecule has 4 rings (SSSR count). The van der Waals surface area contributed by atoms with Crippen molar-refractivity contribution in [2.45, 2.75) is 25.8 Å². The summed E-state index contributed by atoms with van der Waals surface area (Å²) in [5.74, 6) is -3.00. The van der Waals surface area contributed by atoms with Crippen LogP contribution in [0.15, 0.2) is 84.9 Å². The molecule has 0 aromatic heterocycles. The van der Waals surface area contributed by atoms with Gasteiger partial charge in [0.1, 0.15) is 42.5 Å². The third-order valence-electron chi connectivity index (χ3n) is 5.88. The maximum atomic E-state index is 14.2. The van der Waals surface area contributed by atoms with E-state index in [1.807, 2.05) is 18.2 Å². The Kier molecular flexibility index (Phi) is 9.17. The molecule has 0 unspecified atom stereocenters. The molecule has 0 aliphatic rings. The fraction of sp³-hybridized carbons (Fsp3) is 0.167. The SMILES string of the molecule is COC(=O)[C@@H](NCc1ccc(OCc2ccc(F)cc2F)c(OCc2ccc(F)cc2F)c1)c1ccccc1. The highest BCUT2D eigenvalue weighted by atomic mass is 19.1. The summed E-state index contributed by atoms with van der Waals surface area (Å²) in [6.45, 7) is -0.231. The lowest BCUT2D eigenvalue weighted by atomic mass is 10.1. The Morgan fingerprint density at radius 3 is 1.90 bits per heavy atom. The molecule has 0 saturated heterocycles. The van der Waals surface area contributed by atoms with Gasteiger partial charge in [0.15, 0.2) is 11.5 Å². The van der Waals surface area contributed by atoms with Crippen LogP contribution < -0.4 is 14.8 Å². The van der Waals surface area contributed by atoms with Crippen LogP contribution in [0.4, 0.5) is 17.6 Å². The average molecular weight is 540 g/mol. The largest absolute Gasteiger partial charge is 0.485 e. The van der Waals surface area contributed by atoms with Gasteiger partial charge in [-0.25, -0.2) is 22.4 Å². The smallest absolute Gasteiger partial charge is 0.327 e. The number of hydrogen-bond donors (Lipinski definition) is 1. The van der Waals surface area contributed by atoms with Crippen LogP contribution in [0.2, 0.25) is 0 Å². The summed E-state index contributed by atoms with van der Waals surface area (Å²) in [6.07, 6.45) is 0. The van der Waals surface area contributed by atoms with Gasteiger partial charge in [-0.3, -0.25) is 5.32 Å². The van der Waals surface area contributed by atoms with Gasteiger partial charge in [0.2, 0.25) is 0 Å². The topological polar surface area (TPSA) is 56.8 Å². The summed E-state index contributed by atoms with van der Waals surface area (Å²) < 4.78 is 71.4. The van der Waals surface area contributed by atoms with E-state index in [2.05, 4.69) is 5.32 Å². The monoisotopic (exact) mass is 539 g/mol. The zero-order valence-electron chi connectivity index (χ0n) is 20.9. The van der Waals surface area contributed by atoms with Gasteiger partial charge >= 0.3 is 5.97 Å². The highest BCUT2D eigenvalue weighted by Gasteiger charge is 2.21. The predicted molar refractivity (Wildman–Crippen MR) is 136 cm³/mol. The second-order valence-electron chi connectivity index (χ2n) is 8.58. The van der Waals surface area contributed by atoms with Gasteiger partial charge < -0.3 is 14.2 Å². The quantitative estimate of drug-likeness (QED) is 0.177. The number of esters is 1. The summed E-state index contributed by atoms with van der Waals surface area (Å²) >= 11 is 0. The minimum Gasteiger partial charge on any atom is -0.485 e. The maximum absolute atomic E-state index is 14.2. The van der Waals surface area contributed by atoms with Crippen molar-refractivity contribution in [1.29, 1.82) is 0 Å². The van der Waals surface area contributed by atoms with Crippen LogP contribution in [0.5, 0.6) is 11.5 Å². The molecular weight excluding hydrogens is 514 g/mol. The molecule has 0 saturated carbocycles. The Morgan fingerprint density at radius 2 is 1.33 bits per heavy atom. The van der Waals surface area contributed by atoms with Crippen molar-refractivity contribution in [1.82, 2.24) is 5.32 Å². The minimum absolute atomic E-state index is 0.116. The van der Waals surface area contributed by atoms with E-state index < -0.39 is 35.3 Å². The highest BCUT2D eigenvalue weighted by molar-refractivity contribution is 5.77. The van der Waals surface area contributed by atoms with E-state index in [0.717, 1.165) is 24.3 Å². The molecule has 0 aliphatic carbocycles. The Morgan fingerprint density at radius 1 is 0.744 bits per heavy atom. The highest BCUT2D eigenvalue weighted by Crippen LogP contribution is 2.31. The number of ether oxygens (including phenoxy) is 3. The Labute approximate surface area is 223 Å². The fourth-order valence-electron chi connectivity index (χ4n) is 3.80. The van der Waals surface area contributed by atoms with Gasteiger partial charge in [-0.15, -0.1) is 0 Å². The lowest BCUT2D eigenvalue weighted by Gasteiger charge is -2.18. The van der Waals surface area contributed by atoms with Crippen LogP contribution in [-0.4, -0.2) is 13.1 Å². The summed E-state index contributed by atoms with van der Waals surface area (Å²) in [5.41, 5.74) is 1.65. The van der Waals surface area contributed by atoms with Crippen molar-refractivity contribution in [2.75, 3.05) is 7.11 Å². The van der Waals surface area contributed by atoms with Crippen LogP contribution in [-0.2, 0) is 29.3 Å². The average Bonchev–Trinajstić information content (AvgIpc) is 2.93. The Bertz CT molecular complexity index is 1430. The van der Waals surface area contributed by atoms with Crippen LogP contribution in [0.25, 0.3) is 0 Å². The zero-order valence-corrected chi connectivity index (χ0v) is 20.9. The minimum atomic E-state index is -0.771. The molecule has 1 atom stereocenters.